The van der Waals surface area contributed by atoms with Gasteiger partial charge in [0.1, 0.15) is 11.9 Å². The molecule has 0 atom stereocenters. The molecule has 0 aliphatic heterocycles. The molecule has 5 nitrogen and oxygen atoms in total. The van der Waals surface area contributed by atoms with Crippen molar-refractivity contribution in [3.05, 3.63) is 41.6 Å². The van der Waals surface area contributed by atoms with E-state index in [1.807, 2.05) is 0 Å². The van der Waals surface area contributed by atoms with Crippen LogP contribution in [-0.4, -0.2) is 24.2 Å². The maximum atomic E-state index is 11.5. The fourth-order valence-electron chi connectivity index (χ4n) is 1.41. The summed E-state index contributed by atoms with van der Waals surface area (Å²) in [4.78, 5) is 22.1. The number of hydrogen-bond acceptors (Lipinski definition) is 4. The summed E-state index contributed by atoms with van der Waals surface area (Å²) in [6, 6.07) is 6.70. The summed E-state index contributed by atoms with van der Waals surface area (Å²) in [7, 11) is 0. The number of ether oxygens (including phenoxy) is 1. The van der Waals surface area contributed by atoms with Gasteiger partial charge in [-0.25, -0.2) is 4.79 Å². The van der Waals surface area contributed by atoms with Crippen molar-refractivity contribution in [1.82, 2.24) is 5.32 Å². The molecule has 2 N–H and O–H groups in total. The maximum Gasteiger partial charge on any atom is 0.411 e. The number of carbonyl (C=O) groups excluding carboxylic acids is 2. The number of carbonyl (C=O) groups is 2. The summed E-state index contributed by atoms with van der Waals surface area (Å²) in [5.41, 5.74) is 1.21. The Bertz CT molecular complexity index is 525. The zero-order chi connectivity index (χ0) is 15.2. The van der Waals surface area contributed by atoms with Crippen LogP contribution in [0.4, 0.5) is 4.79 Å². The van der Waals surface area contributed by atoms with E-state index in [1.165, 1.54) is 6.20 Å². The molecule has 0 radical (unpaired) electrons. The summed E-state index contributed by atoms with van der Waals surface area (Å²) in [5.74, 6) is 0. The van der Waals surface area contributed by atoms with Gasteiger partial charge in [0.25, 0.3) is 0 Å². The molecular formula is C15H18N2O3. The summed E-state index contributed by atoms with van der Waals surface area (Å²) in [6.45, 7) is 5.31. The van der Waals surface area contributed by atoms with E-state index < -0.39 is 11.7 Å². The molecule has 0 saturated heterocycles. The summed E-state index contributed by atoms with van der Waals surface area (Å²) in [6.07, 6.45) is 2.68. The van der Waals surface area contributed by atoms with E-state index in [9.17, 15) is 9.59 Å². The molecular weight excluding hydrogens is 256 g/mol. The largest absolute Gasteiger partial charge is 0.444 e. The molecule has 20 heavy (non-hydrogen) atoms. The molecule has 0 unspecified atom stereocenters. The van der Waals surface area contributed by atoms with E-state index in [4.69, 9.17) is 10.1 Å². The van der Waals surface area contributed by atoms with E-state index in [0.29, 0.717) is 11.1 Å². The first kappa shape index (κ1) is 15.6. The van der Waals surface area contributed by atoms with Crippen LogP contribution in [0.3, 0.4) is 0 Å². The molecule has 0 aliphatic rings. The van der Waals surface area contributed by atoms with Gasteiger partial charge in [0.15, 0.2) is 0 Å². The van der Waals surface area contributed by atoms with Gasteiger partial charge >= 0.3 is 6.09 Å². The third-order valence-corrected chi connectivity index (χ3v) is 2.28. The van der Waals surface area contributed by atoms with Crippen LogP contribution in [0.1, 0.15) is 36.7 Å². The van der Waals surface area contributed by atoms with E-state index in [0.717, 1.165) is 18.1 Å². The lowest BCUT2D eigenvalue weighted by molar-refractivity contribution is 0.0552. The van der Waals surface area contributed by atoms with Gasteiger partial charge < -0.3 is 10.1 Å². The fraction of sp³-hybridized carbons (Fsp3) is 0.267. The zero-order valence-electron chi connectivity index (χ0n) is 11.8. The first-order valence-electron chi connectivity index (χ1n) is 6.11. The lowest BCUT2D eigenvalue weighted by Gasteiger charge is -2.18. The average molecular weight is 274 g/mol. The van der Waals surface area contributed by atoms with Gasteiger partial charge in [-0.1, -0.05) is 24.3 Å². The summed E-state index contributed by atoms with van der Waals surface area (Å²) in [5, 5.41) is 9.84. The predicted octanol–water partition coefficient (Wildman–Crippen LogP) is 3.01. The fourth-order valence-corrected chi connectivity index (χ4v) is 1.41. The molecule has 0 aliphatic carbocycles. The Morgan fingerprint density at radius 3 is 2.30 bits per heavy atom. The van der Waals surface area contributed by atoms with Crippen molar-refractivity contribution in [3.63, 3.8) is 0 Å². The molecule has 1 rings (SSSR count). The predicted molar refractivity (Wildman–Crippen MR) is 78.0 cm³/mol. The monoisotopic (exact) mass is 274 g/mol. The van der Waals surface area contributed by atoms with E-state index in [2.05, 4.69) is 5.32 Å². The van der Waals surface area contributed by atoms with Crippen molar-refractivity contribution < 1.29 is 14.3 Å². The first-order valence-corrected chi connectivity index (χ1v) is 6.11. The molecule has 0 spiro atoms. The van der Waals surface area contributed by atoms with Crippen LogP contribution in [-0.2, 0) is 4.74 Å². The van der Waals surface area contributed by atoms with Crippen LogP contribution in [0.15, 0.2) is 30.5 Å². The number of aldehydes is 1. The van der Waals surface area contributed by atoms with Crippen LogP contribution in [0.5, 0.6) is 0 Å². The van der Waals surface area contributed by atoms with Gasteiger partial charge in [-0.3, -0.25) is 10.1 Å². The van der Waals surface area contributed by atoms with Crippen LogP contribution >= 0.6 is 0 Å². The molecule has 0 fully saturated rings. The first-order chi connectivity index (χ1) is 9.35. The normalized spacial score (nSPS) is 11.7. The van der Waals surface area contributed by atoms with Gasteiger partial charge in [-0.2, -0.15) is 0 Å². The molecule has 1 amide bonds. The number of alkyl carbamates (subject to hydrolysis) is 1. The molecule has 106 valence electrons. The lowest BCUT2D eigenvalue weighted by Crippen LogP contribution is -2.29. The average Bonchev–Trinajstić information content (AvgIpc) is 2.38. The highest BCUT2D eigenvalue weighted by Crippen LogP contribution is 2.12. The minimum Gasteiger partial charge on any atom is -0.444 e. The number of nitrogens with one attached hydrogen (secondary N) is 2. The van der Waals surface area contributed by atoms with Gasteiger partial charge in [0, 0.05) is 23.6 Å². The van der Waals surface area contributed by atoms with Crippen molar-refractivity contribution in [2.24, 2.45) is 0 Å². The Hall–Kier alpha value is -2.43. The molecule has 1 aromatic rings. The lowest BCUT2D eigenvalue weighted by atomic mass is 10.1. The number of hydrogen-bond donors (Lipinski definition) is 2. The van der Waals surface area contributed by atoms with E-state index in [1.54, 1.807) is 45.0 Å². The molecule has 0 heterocycles. The van der Waals surface area contributed by atoms with E-state index in [-0.39, 0.29) is 0 Å². The standard InChI is InChI=1S/C15H18N2O3/c1-15(2,3)20-14(19)17-9-13(8-16)12-6-4-11(10-18)5-7-12/h4-10,16H,1-3H3,(H,17,19)/b13-9+,16-8?. The van der Waals surface area contributed by atoms with Crippen molar-refractivity contribution in [1.29, 1.82) is 5.41 Å². The second kappa shape index (κ2) is 6.65. The quantitative estimate of drug-likeness (QED) is 0.654. The number of allylic oxidation sites excluding steroid dienone is 1. The Morgan fingerprint density at radius 2 is 1.85 bits per heavy atom. The van der Waals surface area contributed by atoms with Crippen LogP contribution < -0.4 is 5.32 Å². The molecule has 0 saturated carbocycles. The minimum atomic E-state index is -0.582. The van der Waals surface area contributed by atoms with Crippen LogP contribution in [0.2, 0.25) is 0 Å². The zero-order valence-corrected chi connectivity index (χ0v) is 11.8. The maximum absolute atomic E-state index is 11.5. The van der Waals surface area contributed by atoms with Crippen LogP contribution in [0, 0.1) is 5.41 Å². The number of rotatable bonds is 4. The highest BCUT2D eigenvalue weighted by molar-refractivity contribution is 6.08. The number of amides is 1. The van der Waals surface area contributed by atoms with Crippen molar-refractivity contribution in [2.75, 3.05) is 0 Å². The van der Waals surface area contributed by atoms with Crippen molar-refractivity contribution >= 4 is 24.2 Å². The third kappa shape index (κ3) is 5.06. The number of benzene rings is 1. The van der Waals surface area contributed by atoms with Crippen LogP contribution in [0.25, 0.3) is 5.57 Å². The van der Waals surface area contributed by atoms with Gasteiger partial charge in [0.2, 0.25) is 0 Å². The minimum absolute atomic E-state index is 0.508. The van der Waals surface area contributed by atoms with Gasteiger partial charge in [0.05, 0.1) is 0 Å². The summed E-state index contributed by atoms with van der Waals surface area (Å²) >= 11 is 0. The SMILES string of the molecule is CC(C)(C)OC(=O)N/C=C(\C=N)c1ccc(C=O)cc1. The Kier molecular flexibility index (Phi) is 5.20. The topological polar surface area (TPSA) is 79.2 Å². The van der Waals surface area contributed by atoms with E-state index >= 15 is 0 Å². The van der Waals surface area contributed by atoms with Crippen molar-refractivity contribution in [3.8, 4) is 0 Å². The highest BCUT2D eigenvalue weighted by Gasteiger charge is 2.15. The molecule has 0 aromatic heterocycles. The second-order valence-corrected chi connectivity index (χ2v) is 5.13. The molecule has 5 heteroatoms. The van der Waals surface area contributed by atoms with Gasteiger partial charge in [-0.15, -0.1) is 0 Å². The molecule has 1 aromatic carbocycles. The smallest absolute Gasteiger partial charge is 0.411 e. The summed E-state index contributed by atoms with van der Waals surface area (Å²) < 4.78 is 5.09. The Labute approximate surface area is 118 Å². The third-order valence-electron chi connectivity index (χ3n) is 2.28. The van der Waals surface area contributed by atoms with Crippen molar-refractivity contribution in [2.45, 2.75) is 26.4 Å². The van der Waals surface area contributed by atoms with Gasteiger partial charge in [-0.05, 0) is 26.3 Å². The highest BCUT2D eigenvalue weighted by atomic mass is 16.6. The Morgan fingerprint density at radius 1 is 1.25 bits per heavy atom. The second-order valence-electron chi connectivity index (χ2n) is 5.13. The molecule has 0 bridgehead atoms. The Balaban J connectivity index is 2.79.